The molecule has 3 N–H and O–H groups in total. The highest BCUT2D eigenvalue weighted by atomic mass is 79.9. The third kappa shape index (κ3) is 2.75. The summed E-state index contributed by atoms with van der Waals surface area (Å²) in [7, 11) is 1.85. The molecule has 0 saturated heterocycles. The second-order valence-electron chi connectivity index (χ2n) is 4.02. The number of hydrogen-bond donors (Lipinski definition) is 2. The van der Waals surface area contributed by atoms with Gasteiger partial charge in [-0.25, -0.2) is 0 Å². The van der Waals surface area contributed by atoms with E-state index in [0.29, 0.717) is 5.02 Å². The van der Waals surface area contributed by atoms with E-state index in [9.17, 15) is 0 Å². The van der Waals surface area contributed by atoms with Gasteiger partial charge in [-0.05, 0) is 18.1 Å². The number of nitrogens with zero attached hydrogens (tertiary/aromatic N) is 2. The van der Waals surface area contributed by atoms with Crippen molar-refractivity contribution in [2.75, 3.05) is 0 Å². The fourth-order valence-corrected chi connectivity index (χ4v) is 2.67. The summed E-state index contributed by atoms with van der Waals surface area (Å²) in [5.74, 6) is 5.63. The van der Waals surface area contributed by atoms with Gasteiger partial charge in [-0.3, -0.25) is 16.0 Å². The van der Waals surface area contributed by atoms with Gasteiger partial charge in [0.15, 0.2) is 0 Å². The molecule has 0 fully saturated rings. The number of aryl methyl sites for hydroxylation is 1. The first kappa shape index (κ1) is 13.5. The molecule has 0 aliphatic heterocycles. The number of benzene rings is 1. The second-order valence-corrected chi connectivity index (χ2v) is 5.28. The van der Waals surface area contributed by atoms with E-state index in [2.05, 4.69) is 32.5 Å². The Hall–Kier alpha value is -0.880. The molecule has 1 aromatic carbocycles. The Morgan fingerprint density at radius 3 is 2.78 bits per heavy atom. The van der Waals surface area contributed by atoms with E-state index in [-0.39, 0.29) is 6.04 Å². The summed E-state index contributed by atoms with van der Waals surface area (Å²) in [5, 5.41) is 4.74. The van der Waals surface area contributed by atoms with Gasteiger partial charge in [0.05, 0.1) is 23.0 Å². The van der Waals surface area contributed by atoms with Crippen molar-refractivity contribution < 1.29 is 0 Å². The summed E-state index contributed by atoms with van der Waals surface area (Å²) in [6, 6.07) is 7.96. The molecular weight excluding hydrogens is 316 g/mol. The van der Waals surface area contributed by atoms with Crippen molar-refractivity contribution in [3.8, 4) is 0 Å². The van der Waals surface area contributed by atoms with Gasteiger partial charge in [-0.15, -0.1) is 0 Å². The van der Waals surface area contributed by atoms with Crippen LogP contribution in [0, 0.1) is 0 Å². The standard InChI is InChI=1S/C12H14BrClN4/c1-18-12(10(14)7-16-18)11(17-15)6-8-4-2-3-5-9(8)13/h2-5,7,11,17H,6,15H2,1H3. The molecule has 0 spiro atoms. The van der Waals surface area contributed by atoms with Gasteiger partial charge >= 0.3 is 0 Å². The Kier molecular flexibility index (Phi) is 4.40. The van der Waals surface area contributed by atoms with Crippen LogP contribution < -0.4 is 11.3 Å². The van der Waals surface area contributed by atoms with Gasteiger partial charge in [-0.1, -0.05) is 45.7 Å². The van der Waals surface area contributed by atoms with Crippen LogP contribution in [0.5, 0.6) is 0 Å². The molecule has 0 radical (unpaired) electrons. The summed E-state index contributed by atoms with van der Waals surface area (Å²) in [4.78, 5) is 0. The fraction of sp³-hybridized carbons (Fsp3) is 0.250. The van der Waals surface area contributed by atoms with Crippen molar-refractivity contribution in [3.05, 3.63) is 51.2 Å². The Balaban J connectivity index is 2.28. The maximum Gasteiger partial charge on any atom is 0.0834 e. The predicted molar refractivity (Wildman–Crippen MR) is 76.1 cm³/mol. The third-order valence-corrected chi connectivity index (χ3v) is 3.92. The zero-order chi connectivity index (χ0) is 13.1. The summed E-state index contributed by atoms with van der Waals surface area (Å²) < 4.78 is 2.80. The van der Waals surface area contributed by atoms with Crippen LogP contribution in [0.15, 0.2) is 34.9 Å². The van der Waals surface area contributed by atoms with Crippen LogP contribution >= 0.6 is 27.5 Å². The lowest BCUT2D eigenvalue weighted by molar-refractivity contribution is 0.508. The van der Waals surface area contributed by atoms with Crippen LogP contribution in [0.2, 0.25) is 5.02 Å². The number of halogens is 2. The Labute approximate surface area is 119 Å². The topological polar surface area (TPSA) is 55.9 Å². The Morgan fingerprint density at radius 2 is 2.22 bits per heavy atom. The van der Waals surface area contributed by atoms with Gasteiger partial charge in [0, 0.05) is 11.5 Å². The predicted octanol–water partition coefficient (Wildman–Crippen LogP) is 2.58. The van der Waals surface area contributed by atoms with Crippen LogP contribution in [0.3, 0.4) is 0 Å². The highest BCUT2D eigenvalue weighted by molar-refractivity contribution is 9.10. The lowest BCUT2D eigenvalue weighted by Gasteiger charge is -2.17. The first-order chi connectivity index (χ1) is 8.63. The smallest absolute Gasteiger partial charge is 0.0834 e. The number of rotatable bonds is 4. The number of aromatic nitrogens is 2. The number of hydrazine groups is 1. The molecule has 1 atom stereocenters. The molecule has 96 valence electrons. The van der Waals surface area contributed by atoms with E-state index in [4.69, 9.17) is 17.4 Å². The first-order valence-electron chi connectivity index (χ1n) is 5.50. The quantitative estimate of drug-likeness (QED) is 0.669. The molecule has 1 aromatic heterocycles. The molecule has 2 aromatic rings. The van der Waals surface area contributed by atoms with Gasteiger partial charge in [-0.2, -0.15) is 5.10 Å². The average molecular weight is 330 g/mol. The van der Waals surface area contributed by atoms with Crippen LogP contribution in [-0.4, -0.2) is 9.78 Å². The molecule has 4 nitrogen and oxygen atoms in total. The van der Waals surface area contributed by atoms with Gasteiger partial charge < -0.3 is 0 Å². The first-order valence-corrected chi connectivity index (χ1v) is 6.67. The van der Waals surface area contributed by atoms with E-state index in [1.165, 1.54) is 0 Å². The fourth-order valence-electron chi connectivity index (χ4n) is 1.93. The van der Waals surface area contributed by atoms with Gasteiger partial charge in [0.2, 0.25) is 0 Å². The van der Waals surface area contributed by atoms with E-state index >= 15 is 0 Å². The highest BCUT2D eigenvalue weighted by Gasteiger charge is 2.19. The Morgan fingerprint density at radius 1 is 1.50 bits per heavy atom. The third-order valence-electron chi connectivity index (χ3n) is 2.85. The van der Waals surface area contributed by atoms with Gasteiger partial charge in [0.1, 0.15) is 0 Å². The van der Waals surface area contributed by atoms with Gasteiger partial charge in [0.25, 0.3) is 0 Å². The van der Waals surface area contributed by atoms with E-state index in [0.717, 1.165) is 22.2 Å². The summed E-state index contributed by atoms with van der Waals surface area (Å²) in [6.07, 6.45) is 2.36. The molecule has 0 aliphatic carbocycles. The van der Waals surface area contributed by atoms with Crippen molar-refractivity contribution in [3.63, 3.8) is 0 Å². The molecule has 18 heavy (non-hydrogen) atoms. The van der Waals surface area contributed by atoms with Crippen molar-refractivity contribution in [1.82, 2.24) is 15.2 Å². The molecule has 0 saturated carbocycles. The summed E-state index contributed by atoms with van der Waals surface area (Å²) in [5.41, 5.74) is 4.84. The van der Waals surface area contributed by atoms with Crippen LogP contribution in [0.1, 0.15) is 17.3 Å². The maximum atomic E-state index is 6.13. The minimum atomic E-state index is -0.0799. The van der Waals surface area contributed by atoms with Crippen LogP contribution in [-0.2, 0) is 13.5 Å². The minimum Gasteiger partial charge on any atom is -0.271 e. The molecule has 0 amide bonds. The SMILES string of the molecule is Cn1ncc(Cl)c1C(Cc1ccccc1Br)NN. The lowest BCUT2D eigenvalue weighted by Crippen LogP contribution is -2.31. The molecule has 0 bridgehead atoms. The summed E-state index contributed by atoms with van der Waals surface area (Å²) >= 11 is 9.66. The maximum absolute atomic E-state index is 6.13. The zero-order valence-corrected chi connectivity index (χ0v) is 12.2. The molecule has 6 heteroatoms. The minimum absolute atomic E-state index is 0.0799. The lowest BCUT2D eigenvalue weighted by atomic mass is 10.0. The highest BCUT2D eigenvalue weighted by Crippen LogP contribution is 2.27. The van der Waals surface area contributed by atoms with E-state index in [1.54, 1.807) is 10.9 Å². The van der Waals surface area contributed by atoms with Crippen LogP contribution in [0.4, 0.5) is 0 Å². The van der Waals surface area contributed by atoms with E-state index in [1.807, 2.05) is 25.2 Å². The number of nitrogens with two attached hydrogens (primary N) is 1. The normalized spacial score (nSPS) is 12.7. The number of nitrogens with one attached hydrogen (secondary N) is 1. The molecule has 1 unspecified atom stereocenters. The van der Waals surface area contributed by atoms with Crippen molar-refractivity contribution >= 4 is 27.5 Å². The van der Waals surface area contributed by atoms with Crippen LogP contribution in [0.25, 0.3) is 0 Å². The van der Waals surface area contributed by atoms with Crippen molar-refractivity contribution in [2.24, 2.45) is 12.9 Å². The molecule has 2 rings (SSSR count). The van der Waals surface area contributed by atoms with Crippen molar-refractivity contribution in [1.29, 1.82) is 0 Å². The van der Waals surface area contributed by atoms with E-state index < -0.39 is 0 Å². The largest absolute Gasteiger partial charge is 0.271 e. The monoisotopic (exact) mass is 328 g/mol. The van der Waals surface area contributed by atoms with Crippen molar-refractivity contribution in [2.45, 2.75) is 12.5 Å². The molecular formula is C12H14BrClN4. The zero-order valence-electron chi connectivity index (χ0n) is 9.90. The molecule has 0 aliphatic rings. The average Bonchev–Trinajstić information content (AvgIpc) is 2.69. The second kappa shape index (κ2) is 5.84. The Bertz CT molecular complexity index is 521. The molecule has 1 heterocycles. The summed E-state index contributed by atoms with van der Waals surface area (Å²) in [6.45, 7) is 0. The number of hydrogen-bond acceptors (Lipinski definition) is 3.